The average Bonchev–Trinajstić information content (AvgIpc) is 3.07. The first-order valence-corrected chi connectivity index (χ1v) is 12.0. The number of nitrogens with one attached hydrogen (secondary N) is 1. The largest absolute Gasteiger partial charge is 0.493 e. The number of methoxy groups -OCH3 is 1. The van der Waals surface area contributed by atoms with Crippen molar-refractivity contribution >= 4 is 18.0 Å². The van der Waals surface area contributed by atoms with Crippen LogP contribution in [-0.2, 0) is 11.3 Å². The molecule has 0 aliphatic carbocycles. The lowest BCUT2D eigenvalue weighted by Crippen LogP contribution is -2.58. The third-order valence-corrected chi connectivity index (χ3v) is 6.44. The number of β-amino-alcohol motifs (C(OH)–C–C–N with tert-alkyl or cyclic N) is 1. The van der Waals surface area contributed by atoms with E-state index in [0.717, 1.165) is 30.0 Å². The van der Waals surface area contributed by atoms with Gasteiger partial charge in [-0.05, 0) is 49.6 Å². The Hall–Kier alpha value is -3.36. The van der Waals surface area contributed by atoms with E-state index in [2.05, 4.69) is 22.3 Å². The summed E-state index contributed by atoms with van der Waals surface area (Å²) in [5.41, 5.74) is 1.19. The van der Waals surface area contributed by atoms with Gasteiger partial charge in [-0.3, -0.25) is 14.6 Å². The molecule has 2 aromatic carbocycles. The summed E-state index contributed by atoms with van der Waals surface area (Å²) >= 11 is 0. The van der Waals surface area contributed by atoms with Crippen LogP contribution in [-0.4, -0.2) is 71.8 Å². The minimum Gasteiger partial charge on any atom is -0.493 e. The lowest BCUT2D eigenvalue weighted by atomic mass is 9.88. The van der Waals surface area contributed by atoms with Gasteiger partial charge in [0.2, 0.25) is 0 Å². The Morgan fingerprint density at radius 3 is 2.71 bits per heavy atom. The molecule has 2 N–H and O–H groups in total. The highest BCUT2D eigenvalue weighted by Crippen LogP contribution is 2.31. The number of hydrogen-bond donors (Lipinski definition) is 2. The quantitative estimate of drug-likeness (QED) is 0.537. The summed E-state index contributed by atoms with van der Waals surface area (Å²) in [4.78, 5) is 29.4. The Balaban J connectivity index is 1.36. The van der Waals surface area contributed by atoms with E-state index >= 15 is 0 Å². The van der Waals surface area contributed by atoms with E-state index in [4.69, 9.17) is 9.47 Å². The molecule has 0 bridgehead atoms. The number of urea groups is 1. The van der Waals surface area contributed by atoms with Crippen molar-refractivity contribution in [3.63, 3.8) is 0 Å². The number of piperidine rings is 1. The van der Waals surface area contributed by atoms with Gasteiger partial charge >= 0.3 is 6.03 Å². The number of benzene rings is 2. The summed E-state index contributed by atoms with van der Waals surface area (Å²) in [7, 11) is 1.55. The summed E-state index contributed by atoms with van der Waals surface area (Å²) in [6, 6.07) is 15.1. The second-order valence-electron chi connectivity index (χ2n) is 9.10. The van der Waals surface area contributed by atoms with Gasteiger partial charge in [0, 0.05) is 13.1 Å². The molecule has 2 aromatic rings. The maximum Gasteiger partial charge on any atom is 0.325 e. The van der Waals surface area contributed by atoms with Crippen LogP contribution in [0.4, 0.5) is 4.79 Å². The molecule has 8 nitrogen and oxygen atoms in total. The average molecular weight is 480 g/mol. The molecule has 1 spiro atoms. The molecule has 2 aliphatic rings. The normalized spacial score (nSPS) is 21.5. The second-order valence-corrected chi connectivity index (χ2v) is 9.10. The van der Waals surface area contributed by atoms with Crippen molar-refractivity contribution in [3.8, 4) is 11.5 Å². The van der Waals surface area contributed by atoms with Gasteiger partial charge in [-0.25, -0.2) is 4.79 Å². The molecule has 0 aromatic heterocycles. The fourth-order valence-electron chi connectivity index (χ4n) is 4.79. The lowest BCUT2D eigenvalue weighted by molar-refractivity contribution is -0.134. The van der Waals surface area contributed by atoms with Crippen LogP contribution in [0.25, 0.3) is 6.08 Å². The van der Waals surface area contributed by atoms with Crippen LogP contribution in [0.2, 0.25) is 0 Å². The van der Waals surface area contributed by atoms with Gasteiger partial charge in [0.05, 0.1) is 13.7 Å². The minimum atomic E-state index is -1.04. The predicted molar refractivity (Wildman–Crippen MR) is 133 cm³/mol. The number of amides is 3. The van der Waals surface area contributed by atoms with Crippen molar-refractivity contribution in [1.29, 1.82) is 0 Å². The highest BCUT2D eigenvalue weighted by molar-refractivity contribution is 6.07. The smallest absolute Gasteiger partial charge is 0.325 e. The zero-order chi connectivity index (χ0) is 24.8. The van der Waals surface area contributed by atoms with E-state index in [1.165, 1.54) is 5.56 Å². The van der Waals surface area contributed by atoms with Crippen molar-refractivity contribution in [2.45, 2.75) is 38.0 Å². The zero-order valence-electron chi connectivity index (χ0n) is 20.3. The van der Waals surface area contributed by atoms with E-state index in [1.54, 1.807) is 13.2 Å². The monoisotopic (exact) mass is 479 g/mol. The first-order valence-electron chi connectivity index (χ1n) is 12.0. The van der Waals surface area contributed by atoms with Crippen LogP contribution in [0.3, 0.4) is 0 Å². The first kappa shape index (κ1) is 24.8. The third kappa shape index (κ3) is 5.66. The van der Waals surface area contributed by atoms with Crippen molar-refractivity contribution in [2.24, 2.45) is 0 Å². The fourth-order valence-corrected chi connectivity index (χ4v) is 4.79. The number of likely N-dealkylation sites (tertiary alicyclic amines) is 1. The number of hydrogen-bond acceptors (Lipinski definition) is 6. The number of allylic oxidation sites excluding steroid dienone is 1. The van der Waals surface area contributed by atoms with Crippen molar-refractivity contribution in [1.82, 2.24) is 15.1 Å². The molecule has 0 saturated carbocycles. The Labute approximate surface area is 206 Å². The molecule has 35 heavy (non-hydrogen) atoms. The molecule has 2 aliphatic heterocycles. The van der Waals surface area contributed by atoms with Crippen LogP contribution in [0.15, 0.2) is 54.6 Å². The molecular formula is C27H33N3O5. The molecular weight excluding hydrogens is 446 g/mol. The standard InChI is InChI=1S/C27H33N3O5/c1-3-8-20-11-12-23(24(15-20)34-2)35-18-22(31)17-30-25(32)27(28-26(30)33)13-7-14-29(19-27)16-21-9-5-4-6-10-21/h3-6,8-12,15,22,31H,7,13-14,16-19H2,1-2H3,(H,28,33)/b8-3+. The molecule has 3 amide bonds. The van der Waals surface area contributed by atoms with Gasteiger partial charge in [0.25, 0.3) is 5.91 Å². The van der Waals surface area contributed by atoms with Crippen LogP contribution in [0.1, 0.15) is 30.9 Å². The van der Waals surface area contributed by atoms with E-state index in [-0.39, 0.29) is 19.1 Å². The number of rotatable bonds is 9. The van der Waals surface area contributed by atoms with Gasteiger partial charge in [-0.2, -0.15) is 0 Å². The molecule has 4 rings (SSSR count). The van der Waals surface area contributed by atoms with E-state index < -0.39 is 17.7 Å². The van der Waals surface area contributed by atoms with Gasteiger partial charge in [-0.15, -0.1) is 0 Å². The summed E-state index contributed by atoms with van der Waals surface area (Å²) in [6.45, 7) is 3.75. The number of nitrogens with zero attached hydrogens (tertiary/aromatic N) is 2. The summed E-state index contributed by atoms with van der Waals surface area (Å²) in [5.74, 6) is 0.743. The van der Waals surface area contributed by atoms with E-state index in [0.29, 0.717) is 24.5 Å². The number of ether oxygens (including phenoxy) is 2. The molecule has 2 saturated heterocycles. The van der Waals surface area contributed by atoms with E-state index in [9.17, 15) is 14.7 Å². The number of imide groups is 1. The molecule has 2 unspecified atom stereocenters. The molecule has 2 atom stereocenters. The highest BCUT2D eigenvalue weighted by Gasteiger charge is 2.53. The summed E-state index contributed by atoms with van der Waals surface area (Å²) in [5, 5.41) is 13.5. The molecule has 2 fully saturated rings. The lowest BCUT2D eigenvalue weighted by Gasteiger charge is -2.38. The Morgan fingerprint density at radius 2 is 1.97 bits per heavy atom. The Morgan fingerprint density at radius 1 is 1.17 bits per heavy atom. The van der Waals surface area contributed by atoms with Gasteiger partial charge in [0.15, 0.2) is 11.5 Å². The fraction of sp³-hybridized carbons (Fsp3) is 0.407. The Kier molecular flexibility index (Phi) is 7.73. The second kappa shape index (κ2) is 10.9. The molecule has 0 radical (unpaired) electrons. The van der Waals surface area contributed by atoms with E-state index in [1.807, 2.05) is 49.4 Å². The van der Waals surface area contributed by atoms with Crippen molar-refractivity contribution < 1.29 is 24.2 Å². The number of aliphatic hydroxyl groups is 1. The summed E-state index contributed by atoms with van der Waals surface area (Å²) in [6.07, 6.45) is 4.23. The number of carbonyl (C=O) groups is 2. The van der Waals surface area contributed by atoms with Crippen LogP contribution >= 0.6 is 0 Å². The van der Waals surface area contributed by atoms with Crippen LogP contribution in [0, 0.1) is 0 Å². The van der Waals surface area contributed by atoms with Gasteiger partial charge in [0.1, 0.15) is 18.2 Å². The summed E-state index contributed by atoms with van der Waals surface area (Å²) < 4.78 is 11.1. The maximum absolute atomic E-state index is 13.3. The van der Waals surface area contributed by atoms with Gasteiger partial charge in [-0.1, -0.05) is 48.6 Å². The SMILES string of the molecule is C/C=C/c1ccc(OCC(O)CN2C(=O)NC3(CCCN(Cc4ccccc4)C3)C2=O)c(OC)c1. The highest BCUT2D eigenvalue weighted by atomic mass is 16.5. The van der Waals surface area contributed by atoms with Crippen molar-refractivity contribution in [2.75, 3.05) is 33.4 Å². The molecule has 8 heteroatoms. The number of aliphatic hydroxyl groups excluding tert-OH is 1. The van der Waals surface area contributed by atoms with Gasteiger partial charge < -0.3 is 19.9 Å². The number of carbonyl (C=O) groups excluding carboxylic acids is 2. The van der Waals surface area contributed by atoms with Crippen LogP contribution in [0.5, 0.6) is 11.5 Å². The predicted octanol–water partition coefficient (Wildman–Crippen LogP) is 3.05. The molecule has 2 heterocycles. The minimum absolute atomic E-state index is 0.0798. The van der Waals surface area contributed by atoms with Crippen molar-refractivity contribution in [3.05, 3.63) is 65.7 Å². The third-order valence-electron chi connectivity index (χ3n) is 6.44. The topological polar surface area (TPSA) is 91.3 Å². The molecule has 186 valence electrons. The maximum atomic E-state index is 13.3. The Bertz CT molecular complexity index is 1070. The van der Waals surface area contributed by atoms with Crippen LogP contribution < -0.4 is 14.8 Å². The zero-order valence-corrected chi connectivity index (χ0v) is 20.3. The first-order chi connectivity index (χ1) is 16.9.